The van der Waals surface area contributed by atoms with Crippen molar-refractivity contribution in [1.82, 2.24) is 15.0 Å². The third-order valence-electron chi connectivity index (χ3n) is 4.54. The largest absolute Gasteiger partial charge is 0.361 e. The van der Waals surface area contributed by atoms with E-state index in [9.17, 15) is 4.79 Å². The van der Waals surface area contributed by atoms with Crippen LogP contribution in [-0.2, 0) is 6.42 Å². The second kappa shape index (κ2) is 8.23. The Bertz CT molecular complexity index is 1170. The monoisotopic (exact) mass is 382 g/mol. The van der Waals surface area contributed by atoms with Crippen LogP contribution in [0, 0.1) is 11.3 Å². The number of nitriles is 1. The van der Waals surface area contributed by atoms with Crippen LogP contribution in [0.5, 0.6) is 0 Å². The molecule has 142 valence electrons. The summed E-state index contributed by atoms with van der Waals surface area (Å²) in [6, 6.07) is 16.9. The predicted molar refractivity (Wildman–Crippen MR) is 112 cm³/mol. The standard InChI is InChI=1S/C22H18N6O/c23-11-15-5-7-18(8-6-15)28-21(29)17-13-26-22(27-14-17)24-10-9-16-12-25-20-4-2-1-3-19(16)20/h1-8,12-14,25H,9-10H2,(H,28,29)(H,24,26,27). The smallest absolute Gasteiger partial charge is 0.258 e. The van der Waals surface area contributed by atoms with Gasteiger partial charge in [-0.05, 0) is 42.3 Å². The number of anilines is 2. The summed E-state index contributed by atoms with van der Waals surface area (Å²) in [5, 5.41) is 16.0. The summed E-state index contributed by atoms with van der Waals surface area (Å²) < 4.78 is 0. The highest BCUT2D eigenvalue weighted by Gasteiger charge is 2.08. The van der Waals surface area contributed by atoms with Crippen molar-refractivity contribution in [2.75, 3.05) is 17.2 Å². The summed E-state index contributed by atoms with van der Waals surface area (Å²) in [5.41, 5.74) is 3.85. The molecular weight excluding hydrogens is 364 g/mol. The van der Waals surface area contributed by atoms with Crippen LogP contribution in [0.1, 0.15) is 21.5 Å². The molecule has 1 amide bonds. The Morgan fingerprint density at radius 1 is 1.07 bits per heavy atom. The zero-order chi connectivity index (χ0) is 20.1. The molecule has 4 aromatic rings. The molecule has 0 fully saturated rings. The number of carbonyl (C=O) groups excluding carboxylic acids is 1. The summed E-state index contributed by atoms with van der Waals surface area (Å²) in [6.07, 6.45) is 5.82. The Hall–Kier alpha value is -4.18. The maximum atomic E-state index is 12.3. The third-order valence-corrected chi connectivity index (χ3v) is 4.54. The number of benzene rings is 2. The Morgan fingerprint density at radius 2 is 1.83 bits per heavy atom. The summed E-state index contributed by atoms with van der Waals surface area (Å²) >= 11 is 0. The van der Waals surface area contributed by atoms with Gasteiger partial charge in [0.2, 0.25) is 5.95 Å². The van der Waals surface area contributed by atoms with Gasteiger partial charge in [0.25, 0.3) is 5.91 Å². The van der Waals surface area contributed by atoms with Crippen molar-refractivity contribution in [2.24, 2.45) is 0 Å². The molecule has 0 bridgehead atoms. The number of hydrogen-bond acceptors (Lipinski definition) is 5. The molecular formula is C22H18N6O. The first-order chi connectivity index (χ1) is 14.2. The first-order valence-electron chi connectivity index (χ1n) is 9.15. The molecule has 29 heavy (non-hydrogen) atoms. The van der Waals surface area contributed by atoms with Crippen molar-refractivity contribution < 1.29 is 4.79 Å². The van der Waals surface area contributed by atoms with E-state index < -0.39 is 0 Å². The molecule has 7 heteroatoms. The molecule has 0 aliphatic rings. The van der Waals surface area contributed by atoms with E-state index in [1.54, 1.807) is 24.3 Å². The molecule has 0 radical (unpaired) electrons. The van der Waals surface area contributed by atoms with Crippen molar-refractivity contribution in [2.45, 2.75) is 6.42 Å². The summed E-state index contributed by atoms with van der Waals surface area (Å²) in [5.74, 6) is 0.166. The van der Waals surface area contributed by atoms with Gasteiger partial charge in [-0.1, -0.05) is 18.2 Å². The summed E-state index contributed by atoms with van der Waals surface area (Å²) in [7, 11) is 0. The Kier molecular flexibility index (Phi) is 5.16. The average Bonchev–Trinajstić information content (AvgIpc) is 3.18. The molecule has 4 rings (SSSR count). The predicted octanol–water partition coefficient (Wildman–Crippen LogP) is 3.74. The van der Waals surface area contributed by atoms with E-state index in [-0.39, 0.29) is 5.91 Å². The Morgan fingerprint density at radius 3 is 2.59 bits per heavy atom. The zero-order valence-corrected chi connectivity index (χ0v) is 15.5. The molecule has 2 heterocycles. The van der Waals surface area contributed by atoms with Crippen molar-refractivity contribution in [3.05, 3.63) is 83.8 Å². The molecule has 0 unspecified atom stereocenters. The molecule has 2 aromatic heterocycles. The maximum Gasteiger partial charge on any atom is 0.258 e. The van der Waals surface area contributed by atoms with Gasteiger partial charge >= 0.3 is 0 Å². The van der Waals surface area contributed by atoms with Crippen LogP contribution in [0.2, 0.25) is 0 Å². The van der Waals surface area contributed by atoms with Crippen molar-refractivity contribution in [1.29, 1.82) is 5.26 Å². The van der Waals surface area contributed by atoms with Gasteiger partial charge in [0.1, 0.15) is 0 Å². The number of nitrogens with one attached hydrogen (secondary N) is 3. The summed E-state index contributed by atoms with van der Waals surface area (Å²) in [4.78, 5) is 24.0. The minimum absolute atomic E-state index is 0.306. The molecule has 0 spiro atoms. The van der Waals surface area contributed by atoms with Crippen LogP contribution in [0.25, 0.3) is 10.9 Å². The lowest BCUT2D eigenvalue weighted by molar-refractivity contribution is 0.102. The van der Waals surface area contributed by atoms with E-state index in [4.69, 9.17) is 5.26 Å². The van der Waals surface area contributed by atoms with Gasteiger partial charge in [-0.25, -0.2) is 9.97 Å². The molecule has 2 aromatic carbocycles. The molecule has 3 N–H and O–H groups in total. The molecule has 0 aliphatic carbocycles. The lowest BCUT2D eigenvalue weighted by Crippen LogP contribution is -2.14. The van der Waals surface area contributed by atoms with Gasteiger partial charge in [-0.15, -0.1) is 0 Å². The van der Waals surface area contributed by atoms with E-state index in [0.29, 0.717) is 29.3 Å². The Balaban J connectivity index is 1.32. The minimum Gasteiger partial charge on any atom is -0.361 e. The van der Waals surface area contributed by atoms with Gasteiger partial charge < -0.3 is 15.6 Å². The van der Waals surface area contributed by atoms with E-state index in [2.05, 4.69) is 37.7 Å². The average molecular weight is 382 g/mol. The second-order valence-corrected chi connectivity index (χ2v) is 6.47. The van der Waals surface area contributed by atoms with Gasteiger partial charge in [0.15, 0.2) is 0 Å². The number of rotatable bonds is 6. The normalized spacial score (nSPS) is 10.4. The van der Waals surface area contributed by atoms with Crippen molar-refractivity contribution in [3.8, 4) is 6.07 Å². The topological polar surface area (TPSA) is 106 Å². The fraction of sp³-hybridized carbons (Fsp3) is 0.0909. The van der Waals surface area contributed by atoms with Gasteiger partial charge in [-0.2, -0.15) is 5.26 Å². The Labute approximate surface area is 167 Å². The second-order valence-electron chi connectivity index (χ2n) is 6.47. The molecule has 7 nitrogen and oxygen atoms in total. The zero-order valence-electron chi connectivity index (χ0n) is 15.5. The number of aromatic nitrogens is 3. The van der Waals surface area contributed by atoms with Crippen LogP contribution in [0.4, 0.5) is 11.6 Å². The number of para-hydroxylation sites is 1. The molecule has 0 atom stereocenters. The van der Waals surface area contributed by atoms with Crippen molar-refractivity contribution in [3.63, 3.8) is 0 Å². The van der Waals surface area contributed by atoms with Crippen LogP contribution >= 0.6 is 0 Å². The fourth-order valence-corrected chi connectivity index (χ4v) is 3.02. The van der Waals surface area contributed by atoms with E-state index >= 15 is 0 Å². The lowest BCUT2D eigenvalue weighted by Gasteiger charge is -2.07. The van der Waals surface area contributed by atoms with Crippen LogP contribution in [-0.4, -0.2) is 27.4 Å². The number of H-pyrrole nitrogens is 1. The van der Waals surface area contributed by atoms with E-state index in [1.165, 1.54) is 23.3 Å². The summed E-state index contributed by atoms with van der Waals surface area (Å²) in [6.45, 7) is 0.679. The molecule has 0 saturated carbocycles. The molecule has 0 saturated heterocycles. The van der Waals surface area contributed by atoms with Crippen molar-refractivity contribution >= 4 is 28.4 Å². The highest BCUT2D eigenvalue weighted by atomic mass is 16.1. The first-order valence-corrected chi connectivity index (χ1v) is 9.15. The van der Waals surface area contributed by atoms with E-state index in [1.807, 2.05) is 24.4 Å². The lowest BCUT2D eigenvalue weighted by atomic mass is 10.1. The number of amides is 1. The number of hydrogen-bond donors (Lipinski definition) is 3. The van der Waals surface area contributed by atoms with Crippen LogP contribution in [0.15, 0.2) is 67.1 Å². The number of carbonyl (C=O) groups is 1. The number of aromatic amines is 1. The van der Waals surface area contributed by atoms with Crippen LogP contribution < -0.4 is 10.6 Å². The van der Waals surface area contributed by atoms with Gasteiger partial charge in [0.05, 0.1) is 17.2 Å². The van der Waals surface area contributed by atoms with Crippen LogP contribution in [0.3, 0.4) is 0 Å². The first kappa shape index (κ1) is 18.2. The van der Waals surface area contributed by atoms with Gasteiger partial charge in [0, 0.05) is 41.7 Å². The van der Waals surface area contributed by atoms with Gasteiger partial charge in [-0.3, -0.25) is 4.79 Å². The maximum absolute atomic E-state index is 12.3. The number of nitrogens with zero attached hydrogens (tertiary/aromatic N) is 3. The highest BCUT2D eigenvalue weighted by molar-refractivity contribution is 6.03. The quantitative estimate of drug-likeness (QED) is 0.471. The third kappa shape index (κ3) is 4.22. The molecule has 0 aliphatic heterocycles. The fourth-order valence-electron chi connectivity index (χ4n) is 3.02. The number of fused-ring (bicyclic) bond motifs is 1. The SMILES string of the molecule is N#Cc1ccc(NC(=O)c2cnc(NCCc3c[nH]c4ccccc34)nc2)cc1. The minimum atomic E-state index is -0.306. The highest BCUT2D eigenvalue weighted by Crippen LogP contribution is 2.18. The van der Waals surface area contributed by atoms with E-state index in [0.717, 1.165) is 11.9 Å².